The first-order valence-electron chi connectivity index (χ1n) is 5.33. The Kier molecular flexibility index (Phi) is 4.87. The van der Waals surface area contributed by atoms with E-state index in [2.05, 4.69) is 20.8 Å². The van der Waals surface area contributed by atoms with Crippen molar-refractivity contribution < 1.29 is 9.09 Å². The van der Waals surface area contributed by atoms with Gasteiger partial charge in [0.25, 0.3) is 0 Å². The first-order chi connectivity index (χ1) is 6.09. The molecule has 0 unspecified atom stereocenters. The molecule has 0 spiro atoms. The van der Waals surface area contributed by atoms with E-state index >= 15 is 0 Å². The Hall–Kier alpha value is 0.190. The molecule has 0 saturated carbocycles. The SMILES string of the molecule is CC(C)P(=O)(OCC(C)(C)C)C(C)C. The van der Waals surface area contributed by atoms with E-state index in [1.807, 2.05) is 27.7 Å². The van der Waals surface area contributed by atoms with Crippen LogP contribution in [0.2, 0.25) is 0 Å². The average Bonchev–Trinajstić information content (AvgIpc) is 1.97. The minimum atomic E-state index is -2.46. The Morgan fingerprint density at radius 1 is 1.07 bits per heavy atom. The van der Waals surface area contributed by atoms with Gasteiger partial charge in [-0.25, -0.2) is 0 Å². The predicted molar refractivity (Wildman–Crippen MR) is 63.3 cm³/mol. The molecule has 0 aliphatic heterocycles. The van der Waals surface area contributed by atoms with E-state index in [0.29, 0.717) is 6.61 Å². The summed E-state index contributed by atoms with van der Waals surface area (Å²) in [6, 6.07) is 0. The zero-order valence-corrected chi connectivity index (χ0v) is 11.5. The van der Waals surface area contributed by atoms with E-state index in [1.54, 1.807) is 0 Å². The van der Waals surface area contributed by atoms with Gasteiger partial charge in [-0.3, -0.25) is 4.57 Å². The zero-order valence-electron chi connectivity index (χ0n) is 10.6. The molecule has 86 valence electrons. The van der Waals surface area contributed by atoms with Crippen molar-refractivity contribution in [2.75, 3.05) is 6.61 Å². The van der Waals surface area contributed by atoms with Crippen molar-refractivity contribution in [2.24, 2.45) is 5.41 Å². The van der Waals surface area contributed by atoms with Gasteiger partial charge in [0.1, 0.15) is 0 Å². The van der Waals surface area contributed by atoms with Crippen molar-refractivity contribution in [1.82, 2.24) is 0 Å². The Balaban J connectivity index is 4.49. The van der Waals surface area contributed by atoms with Gasteiger partial charge in [0.2, 0.25) is 7.37 Å². The molecular formula is C11H25O2P. The van der Waals surface area contributed by atoms with Gasteiger partial charge in [0, 0.05) is 11.3 Å². The van der Waals surface area contributed by atoms with Gasteiger partial charge in [-0.05, 0) is 5.41 Å². The second-order valence-electron chi connectivity index (χ2n) is 5.67. The molecule has 0 atom stereocenters. The van der Waals surface area contributed by atoms with Crippen molar-refractivity contribution in [3.63, 3.8) is 0 Å². The molecule has 0 radical (unpaired) electrons. The standard InChI is InChI=1S/C11H25O2P/c1-9(2)14(12,10(3)4)13-8-11(5,6)7/h9-10H,8H2,1-7H3. The summed E-state index contributed by atoms with van der Waals surface area (Å²) in [7, 11) is -2.46. The highest BCUT2D eigenvalue weighted by atomic mass is 31.2. The van der Waals surface area contributed by atoms with Crippen LogP contribution in [0, 0.1) is 5.41 Å². The first kappa shape index (κ1) is 14.2. The van der Waals surface area contributed by atoms with Crippen LogP contribution in [0.25, 0.3) is 0 Å². The molecule has 14 heavy (non-hydrogen) atoms. The first-order valence-corrected chi connectivity index (χ1v) is 7.10. The van der Waals surface area contributed by atoms with Crippen LogP contribution in [0.15, 0.2) is 0 Å². The molecule has 0 fully saturated rings. The van der Waals surface area contributed by atoms with Gasteiger partial charge in [-0.15, -0.1) is 0 Å². The lowest BCUT2D eigenvalue weighted by Gasteiger charge is -2.29. The Bertz CT molecular complexity index is 202. The molecule has 0 bridgehead atoms. The lowest BCUT2D eigenvalue weighted by Crippen LogP contribution is -2.19. The van der Waals surface area contributed by atoms with Gasteiger partial charge in [0.15, 0.2) is 0 Å². The molecule has 2 nitrogen and oxygen atoms in total. The second-order valence-corrected chi connectivity index (χ2v) is 9.28. The third-order valence-corrected chi connectivity index (χ3v) is 5.55. The van der Waals surface area contributed by atoms with Crippen LogP contribution in [-0.2, 0) is 9.09 Å². The molecule has 0 rings (SSSR count). The van der Waals surface area contributed by atoms with Crippen LogP contribution < -0.4 is 0 Å². The summed E-state index contributed by atoms with van der Waals surface area (Å²) < 4.78 is 18.1. The number of rotatable bonds is 4. The van der Waals surface area contributed by atoms with E-state index in [9.17, 15) is 4.57 Å². The summed E-state index contributed by atoms with van der Waals surface area (Å²) in [4.78, 5) is 0. The van der Waals surface area contributed by atoms with Crippen molar-refractivity contribution in [3.05, 3.63) is 0 Å². The third-order valence-electron chi connectivity index (χ3n) is 2.14. The lowest BCUT2D eigenvalue weighted by atomic mass is 9.99. The summed E-state index contributed by atoms with van der Waals surface area (Å²) in [5.74, 6) is 0. The van der Waals surface area contributed by atoms with Crippen molar-refractivity contribution in [1.29, 1.82) is 0 Å². The van der Waals surface area contributed by atoms with Gasteiger partial charge in [0.05, 0.1) is 6.61 Å². The summed E-state index contributed by atoms with van der Waals surface area (Å²) in [6.07, 6.45) is 0. The Labute approximate surface area is 88.9 Å². The van der Waals surface area contributed by atoms with E-state index in [0.717, 1.165) is 0 Å². The maximum absolute atomic E-state index is 12.4. The van der Waals surface area contributed by atoms with Gasteiger partial charge < -0.3 is 4.52 Å². The molecular weight excluding hydrogens is 195 g/mol. The Morgan fingerprint density at radius 2 is 1.43 bits per heavy atom. The molecule has 0 saturated heterocycles. The summed E-state index contributed by atoms with van der Waals surface area (Å²) >= 11 is 0. The highest BCUT2D eigenvalue weighted by molar-refractivity contribution is 7.60. The molecule has 0 aromatic carbocycles. The topological polar surface area (TPSA) is 26.3 Å². The number of hydrogen-bond donors (Lipinski definition) is 0. The minimum absolute atomic E-state index is 0.0828. The summed E-state index contributed by atoms with van der Waals surface area (Å²) in [5, 5.41) is 0. The molecule has 0 heterocycles. The zero-order chi connectivity index (χ0) is 11.6. The molecule has 0 amide bonds. The van der Waals surface area contributed by atoms with Crippen molar-refractivity contribution in [2.45, 2.75) is 59.8 Å². The maximum atomic E-state index is 12.4. The summed E-state index contributed by atoms with van der Waals surface area (Å²) in [6.45, 7) is 14.8. The van der Waals surface area contributed by atoms with Gasteiger partial charge >= 0.3 is 0 Å². The largest absolute Gasteiger partial charge is 0.328 e. The third kappa shape index (κ3) is 4.14. The fraction of sp³-hybridized carbons (Fsp3) is 1.00. The molecule has 0 aliphatic carbocycles. The highest BCUT2D eigenvalue weighted by Crippen LogP contribution is 2.56. The van der Waals surface area contributed by atoms with Crippen molar-refractivity contribution >= 4 is 7.37 Å². The number of hydrogen-bond acceptors (Lipinski definition) is 2. The fourth-order valence-electron chi connectivity index (χ4n) is 1.19. The maximum Gasteiger partial charge on any atom is 0.208 e. The predicted octanol–water partition coefficient (Wildman–Crippen LogP) is 4.14. The summed E-state index contributed by atoms with van der Waals surface area (Å²) in [5.41, 5.74) is 0.314. The Morgan fingerprint density at radius 3 is 1.64 bits per heavy atom. The second kappa shape index (κ2) is 4.81. The minimum Gasteiger partial charge on any atom is -0.328 e. The van der Waals surface area contributed by atoms with Crippen LogP contribution in [0.5, 0.6) is 0 Å². The van der Waals surface area contributed by atoms with Gasteiger partial charge in [-0.2, -0.15) is 0 Å². The van der Waals surface area contributed by atoms with Crippen LogP contribution >= 0.6 is 7.37 Å². The molecule has 0 aromatic rings. The van der Waals surface area contributed by atoms with E-state index in [1.165, 1.54) is 0 Å². The van der Waals surface area contributed by atoms with Gasteiger partial charge in [-0.1, -0.05) is 48.5 Å². The molecule has 0 aliphatic rings. The van der Waals surface area contributed by atoms with E-state index in [-0.39, 0.29) is 16.7 Å². The van der Waals surface area contributed by atoms with Crippen LogP contribution in [-0.4, -0.2) is 17.9 Å². The molecule has 3 heteroatoms. The lowest BCUT2D eigenvalue weighted by molar-refractivity contribution is 0.195. The quantitative estimate of drug-likeness (QED) is 0.665. The van der Waals surface area contributed by atoms with Crippen LogP contribution in [0.1, 0.15) is 48.5 Å². The smallest absolute Gasteiger partial charge is 0.208 e. The highest BCUT2D eigenvalue weighted by Gasteiger charge is 2.32. The monoisotopic (exact) mass is 220 g/mol. The normalized spacial score (nSPS) is 14.1. The molecule has 0 N–H and O–H groups in total. The van der Waals surface area contributed by atoms with E-state index < -0.39 is 7.37 Å². The van der Waals surface area contributed by atoms with Crippen molar-refractivity contribution in [3.8, 4) is 0 Å². The average molecular weight is 220 g/mol. The van der Waals surface area contributed by atoms with Crippen LogP contribution in [0.4, 0.5) is 0 Å². The fourth-order valence-corrected chi connectivity index (χ4v) is 3.57. The van der Waals surface area contributed by atoms with Crippen LogP contribution in [0.3, 0.4) is 0 Å². The molecule has 0 aromatic heterocycles. The van der Waals surface area contributed by atoms with E-state index in [4.69, 9.17) is 4.52 Å².